The van der Waals surface area contributed by atoms with Crippen molar-refractivity contribution in [3.8, 4) is 11.5 Å². The number of pyridine rings is 1. The van der Waals surface area contributed by atoms with Crippen LogP contribution in [0.3, 0.4) is 0 Å². The van der Waals surface area contributed by atoms with Crippen molar-refractivity contribution >= 4 is 33.9 Å². The van der Waals surface area contributed by atoms with Crippen LogP contribution in [0.2, 0.25) is 0 Å². The second-order valence-corrected chi connectivity index (χ2v) is 8.74. The predicted molar refractivity (Wildman–Crippen MR) is 137 cm³/mol. The standard InChI is InChI=1S/C26H31N3O3S/c1-3-32-21-13-14-22-18(16-21)15-19(25(30)27-22)17-29(20-9-5-4-6-10-20)26(33)28-23-11-7-8-12-24(23)31-2/h7-8,11-16,20H,3-6,9-10,17H2,1-2H3,(H,27,30)(H,28,33). The van der Waals surface area contributed by atoms with E-state index in [0.717, 1.165) is 40.9 Å². The van der Waals surface area contributed by atoms with Crippen molar-refractivity contribution in [3.05, 3.63) is 64.4 Å². The zero-order chi connectivity index (χ0) is 23.2. The molecule has 2 aromatic carbocycles. The summed E-state index contributed by atoms with van der Waals surface area (Å²) < 4.78 is 11.1. The number of nitrogens with zero attached hydrogens (tertiary/aromatic N) is 1. The number of hydrogen-bond acceptors (Lipinski definition) is 4. The van der Waals surface area contributed by atoms with Crippen molar-refractivity contribution < 1.29 is 9.47 Å². The molecule has 1 aromatic heterocycles. The molecule has 1 saturated carbocycles. The van der Waals surface area contributed by atoms with Crippen LogP contribution in [0.4, 0.5) is 5.69 Å². The number of hydrogen-bond donors (Lipinski definition) is 2. The number of aromatic nitrogens is 1. The van der Waals surface area contributed by atoms with E-state index in [1.54, 1.807) is 7.11 Å². The van der Waals surface area contributed by atoms with E-state index in [1.165, 1.54) is 19.3 Å². The fourth-order valence-corrected chi connectivity index (χ4v) is 4.81. The molecule has 174 valence electrons. The van der Waals surface area contributed by atoms with Gasteiger partial charge in [0.15, 0.2) is 5.11 Å². The van der Waals surface area contributed by atoms with Gasteiger partial charge < -0.3 is 24.7 Å². The lowest BCUT2D eigenvalue weighted by molar-refractivity contribution is 0.240. The van der Waals surface area contributed by atoms with Crippen LogP contribution in [0, 0.1) is 0 Å². The van der Waals surface area contributed by atoms with Crippen LogP contribution in [-0.4, -0.2) is 34.8 Å². The molecule has 2 N–H and O–H groups in total. The third kappa shape index (κ3) is 5.47. The summed E-state index contributed by atoms with van der Waals surface area (Å²) in [6.45, 7) is 3.00. The van der Waals surface area contributed by atoms with Gasteiger partial charge in [-0.2, -0.15) is 0 Å². The normalized spacial score (nSPS) is 14.1. The number of anilines is 1. The second kappa shape index (κ2) is 10.7. The van der Waals surface area contributed by atoms with Gasteiger partial charge in [-0.3, -0.25) is 4.79 Å². The average Bonchev–Trinajstić information content (AvgIpc) is 2.84. The lowest BCUT2D eigenvalue weighted by atomic mass is 9.94. The number of rotatable bonds is 7. The Morgan fingerprint density at radius 3 is 2.70 bits per heavy atom. The highest BCUT2D eigenvalue weighted by atomic mass is 32.1. The molecule has 0 atom stereocenters. The fraction of sp³-hybridized carbons (Fsp3) is 0.385. The lowest BCUT2D eigenvalue weighted by Crippen LogP contribution is -2.44. The van der Waals surface area contributed by atoms with Crippen molar-refractivity contribution in [2.45, 2.75) is 51.6 Å². The van der Waals surface area contributed by atoms with Gasteiger partial charge in [-0.1, -0.05) is 31.4 Å². The van der Waals surface area contributed by atoms with E-state index in [0.29, 0.717) is 29.9 Å². The topological polar surface area (TPSA) is 66.6 Å². The van der Waals surface area contributed by atoms with Crippen molar-refractivity contribution in [2.75, 3.05) is 19.0 Å². The summed E-state index contributed by atoms with van der Waals surface area (Å²) in [5.74, 6) is 1.52. The lowest BCUT2D eigenvalue weighted by Gasteiger charge is -2.36. The van der Waals surface area contributed by atoms with E-state index in [2.05, 4.69) is 15.2 Å². The molecule has 6 nitrogen and oxygen atoms in total. The SMILES string of the molecule is CCOc1ccc2[nH]c(=O)c(CN(C(=S)Nc3ccccc3OC)C3CCCCC3)cc2c1. The predicted octanol–water partition coefficient (Wildman–Crippen LogP) is 5.47. The first kappa shape index (κ1) is 23.1. The number of para-hydroxylation sites is 2. The molecule has 1 aliphatic carbocycles. The van der Waals surface area contributed by atoms with E-state index in [9.17, 15) is 4.79 Å². The number of aromatic amines is 1. The van der Waals surface area contributed by atoms with Crippen LogP contribution >= 0.6 is 12.2 Å². The first-order valence-corrected chi connectivity index (χ1v) is 12.0. The average molecular weight is 466 g/mol. The quantitative estimate of drug-likeness (QED) is 0.451. The minimum absolute atomic E-state index is 0.0902. The van der Waals surface area contributed by atoms with Crippen LogP contribution in [0.5, 0.6) is 11.5 Å². The number of methoxy groups -OCH3 is 1. The van der Waals surface area contributed by atoms with Gasteiger partial charge in [-0.25, -0.2) is 0 Å². The summed E-state index contributed by atoms with van der Waals surface area (Å²) in [4.78, 5) is 18.1. The maximum atomic E-state index is 12.9. The first-order valence-electron chi connectivity index (χ1n) is 11.6. The molecular formula is C26H31N3O3S. The molecule has 1 aliphatic rings. The number of ether oxygens (including phenoxy) is 2. The Hall–Kier alpha value is -3.06. The van der Waals surface area contributed by atoms with Crippen LogP contribution < -0.4 is 20.3 Å². The third-order valence-electron chi connectivity index (χ3n) is 6.17. The largest absolute Gasteiger partial charge is 0.495 e. The molecule has 1 fully saturated rings. The van der Waals surface area contributed by atoms with Gasteiger partial charge in [0, 0.05) is 22.5 Å². The monoisotopic (exact) mass is 465 g/mol. The van der Waals surface area contributed by atoms with Gasteiger partial charge in [-0.05, 0) is 68.4 Å². The van der Waals surface area contributed by atoms with Crippen molar-refractivity contribution in [2.24, 2.45) is 0 Å². The maximum Gasteiger partial charge on any atom is 0.253 e. The Kier molecular flexibility index (Phi) is 7.50. The number of benzene rings is 2. The number of thiocarbonyl (C=S) groups is 1. The summed E-state index contributed by atoms with van der Waals surface area (Å²) in [5, 5.41) is 4.91. The molecule has 0 amide bonds. The number of nitrogens with one attached hydrogen (secondary N) is 2. The zero-order valence-electron chi connectivity index (χ0n) is 19.2. The molecule has 0 unspecified atom stereocenters. The van der Waals surface area contributed by atoms with E-state index in [1.807, 2.05) is 55.5 Å². The van der Waals surface area contributed by atoms with Crippen LogP contribution in [0.15, 0.2) is 53.3 Å². The highest BCUT2D eigenvalue weighted by molar-refractivity contribution is 7.80. The van der Waals surface area contributed by atoms with Crippen molar-refractivity contribution in [3.63, 3.8) is 0 Å². The Labute approximate surface area is 199 Å². The highest BCUT2D eigenvalue weighted by Crippen LogP contribution is 2.28. The van der Waals surface area contributed by atoms with Gasteiger partial charge in [0.05, 0.1) is 25.9 Å². The second-order valence-electron chi connectivity index (χ2n) is 8.36. The zero-order valence-corrected chi connectivity index (χ0v) is 20.0. The number of H-pyrrole nitrogens is 1. The van der Waals surface area contributed by atoms with E-state index in [-0.39, 0.29) is 5.56 Å². The van der Waals surface area contributed by atoms with Gasteiger partial charge in [0.2, 0.25) is 0 Å². The van der Waals surface area contributed by atoms with E-state index < -0.39 is 0 Å². The van der Waals surface area contributed by atoms with Crippen LogP contribution in [0.1, 0.15) is 44.6 Å². The molecule has 0 aliphatic heterocycles. The van der Waals surface area contributed by atoms with Gasteiger partial charge in [0.25, 0.3) is 5.56 Å². The van der Waals surface area contributed by atoms with E-state index >= 15 is 0 Å². The molecular weight excluding hydrogens is 434 g/mol. The van der Waals surface area contributed by atoms with Gasteiger partial charge in [0.1, 0.15) is 11.5 Å². The molecule has 0 radical (unpaired) electrons. The smallest absolute Gasteiger partial charge is 0.253 e. The highest BCUT2D eigenvalue weighted by Gasteiger charge is 2.25. The Balaban J connectivity index is 1.64. The minimum Gasteiger partial charge on any atom is -0.495 e. The molecule has 4 rings (SSSR count). The summed E-state index contributed by atoms with van der Waals surface area (Å²) in [6, 6.07) is 15.7. The summed E-state index contributed by atoms with van der Waals surface area (Å²) in [6.07, 6.45) is 5.71. The summed E-state index contributed by atoms with van der Waals surface area (Å²) in [7, 11) is 1.65. The van der Waals surface area contributed by atoms with Gasteiger partial charge in [-0.15, -0.1) is 0 Å². The molecule has 0 spiro atoms. The molecule has 0 bridgehead atoms. The maximum absolute atomic E-state index is 12.9. The number of fused-ring (bicyclic) bond motifs is 1. The third-order valence-corrected chi connectivity index (χ3v) is 6.51. The molecule has 7 heteroatoms. The molecule has 33 heavy (non-hydrogen) atoms. The Morgan fingerprint density at radius 2 is 1.94 bits per heavy atom. The molecule has 1 heterocycles. The summed E-state index contributed by atoms with van der Waals surface area (Å²) in [5.41, 5.74) is 2.21. The van der Waals surface area contributed by atoms with Crippen molar-refractivity contribution in [1.29, 1.82) is 0 Å². The fourth-order valence-electron chi connectivity index (χ4n) is 4.48. The van der Waals surface area contributed by atoms with Crippen molar-refractivity contribution in [1.82, 2.24) is 9.88 Å². The van der Waals surface area contributed by atoms with Crippen LogP contribution in [-0.2, 0) is 6.54 Å². The Bertz CT molecular complexity index is 1170. The first-order chi connectivity index (χ1) is 16.1. The molecule has 0 saturated heterocycles. The minimum atomic E-state index is -0.0902. The summed E-state index contributed by atoms with van der Waals surface area (Å²) >= 11 is 5.87. The van der Waals surface area contributed by atoms with E-state index in [4.69, 9.17) is 21.7 Å². The Morgan fingerprint density at radius 1 is 1.15 bits per heavy atom. The molecule has 3 aromatic rings. The van der Waals surface area contributed by atoms with Gasteiger partial charge >= 0.3 is 0 Å². The van der Waals surface area contributed by atoms with Crippen LogP contribution in [0.25, 0.3) is 10.9 Å².